The maximum atomic E-state index is 11.8. The Morgan fingerprint density at radius 3 is 2.69 bits per heavy atom. The molecule has 1 fully saturated rings. The molecule has 0 saturated carbocycles. The lowest BCUT2D eigenvalue weighted by Gasteiger charge is -2.35. The minimum Gasteiger partial charge on any atom is -0.373 e. The van der Waals surface area contributed by atoms with Gasteiger partial charge < -0.3 is 20.7 Å². The van der Waals surface area contributed by atoms with E-state index < -0.39 is 0 Å². The first kappa shape index (κ1) is 23.2. The van der Waals surface area contributed by atoms with Crippen LogP contribution in [0.3, 0.4) is 0 Å². The molecule has 0 spiro atoms. The van der Waals surface area contributed by atoms with Gasteiger partial charge in [0, 0.05) is 51.9 Å². The van der Waals surface area contributed by atoms with E-state index in [1.54, 1.807) is 7.05 Å². The van der Waals surface area contributed by atoms with Gasteiger partial charge in [0.1, 0.15) is 0 Å². The number of rotatable bonds is 9. The summed E-state index contributed by atoms with van der Waals surface area (Å²) in [4.78, 5) is 18.9. The average Bonchev–Trinajstić information content (AvgIpc) is 2.70. The number of carbonyl (C=O) groups is 1. The summed E-state index contributed by atoms with van der Waals surface area (Å²) >= 11 is 0. The zero-order valence-electron chi connectivity index (χ0n) is 18.3. The van der Waals surface area contributed by atoms with Crippen molar-refractivity contribution in [3.05, 3.63) is 35.4 Å². The number of ether oxygens (including phenoxy) is 1. The van der Waals surface area contributed by atoms with Crippen LogP contribution in [0.15, 0.2) is 29.3 Å². The van der Waals surface area contributed by atoms with Gasteiger partial charge in [-0.2, -0.15) is 0 Å². The molecule has 1 aliphatic heterocycles. The van der Waals surface area contributed by atoms with Gasteiger partial charge in [-0.05, 0) is 51.3 Å². The van der Waals surface area contributed by atoms with E-state index in [1.165, 1.54) is 0 Å². The van der Waals surface area contributed by atoms with Crippen LogP contribution >= 0.6 is 0 Å². The molecule has 1 aromatic rings. The predicted molar refractivity (Wildman–Crippen MR) is 119 cm³/mol. The second kappa shape index (κ2) is 12.4. The van der Waals surface area contributed by atoms with E-state index in [0.717, 1.165) is 63.6 Å². The maximum Gasteiger partial charge on any atom is 0.251 e. The molecule has 0 aliphatic carbocycles. The van der Waals surface area contributed by atoms with Crippen molar-refractivity contribution in [2.24, 2.45) is 4.99 Å². The van der Waals surface area contributed by atoms with Crippen molar-refractivity contribution in [3.8, 4) is 0 Å². The zero-order chi connectivity index (χ0) is 21.1. The molecule has 7 heteroatoms. The number of benzene rings is 1. The lowest BCUT2D eigenvalue weighted by molar-refractivity contribution is -0.0679. The predicted octanol–water partition coefficient (Wildman–Crippen LogP) is 1.64. The van der Waals surface area contributed by atoms with Gasteiger partial charge in [0.25, 0.3) is 5.91 Å². The van der Waals surface area contributed by atoms with E-state index in [0.29, 0.717) is 17.8 Å². The smallest absolute Gasteiger partial charge is 0.251 e. The minimum atomic E-state index is -0.0567. The number of guanidine groups is 1. The third-order valence-electron chi connectivity index (χ3n) is 4.86. The van der Waals surface area contributed by atoms with Crippen LogP contribution < -0.4 is 16.0 Å². The number of carbonyl (C=O) groups excluding carboxylic acids is 1. The molecule has 1 heterocycles. The van der Waals surface area contributed by atoms with Gasteiger partial charge in [-0.25, -0.2) is 0 Å². The van der Waals surface area contributed by atoms with Crippen LogP contribution in [0.2, 0.25) is 0 Å². The normalized spacial score (nSPS) is 20.3. The fraction of sp³-hybridized carbons (Fsp3) is 0.636. The van der Waals surface area contributed by atoms with E-state index in [2.05, 4.69) is 41.6 Å². The van der Waals surface area contributed by atoms with Crippen molar-refractivity contribution < 1.29 is 9.53 Å². The van der Waals surface area contributed by atoms with E-state index in [1.807, 2.05) is 24.3 Å². The van der Waals surface area contributed by atoms with Crippen LogP contribution in [0.4, 0.5) is 0 Å². The number of amides is 1. The quantitative estimate of drug-likeness (QED) is 0.332. The van der Waals surface area contributed by atoms with Gasteiger partial charge in [0.15, 0.2) is 5.96 Å². The first-order valence-electron chi connectivity index (χ1n) is 10.7. The molecule has 2 atom stereocenters. The Balaban J connectivity index is 1.75. The Bertz CT molecular complexity index is 654. The molecule has 1 aliphatic rings. The molecule has 1 aromatic carbocycles. The van der Waals surface area contributed by atoms with Gasteiger partial charge >= 0.3 is 0 Å². The van der Waals surface area contributed by atoms with E-state index in [9.17, 15) is 4.79 Å². The SMILES string of the molecule is CCNC(=NCCCN1CC(C)OC(C)C1)NCCc1cccc(C(=O)NC)c1. The first-order valence-corrected chi connectivity index (χ1v) is 10.7. The Kier molecular flexibility index (Phi) is 9.94. The van der Waals surface area contributed by atoms with Crippen molar-refractivity contribution in [1.82, 2.24) is 20.9 Å². The molecular formula is C22H37N5O2. The molecule has 2 unspecified atom stereocenters. The number of morpholine rings is 1. The van der Waals surface area contributed by atoms with E-state index in [4.69, 9.17) is 9.73 Å². The van der Waals surface area contributed by atoms with Crippen molar-refractivity contribution in [2.75, 3.05) is 46.3 Å². The summed E-state index contributed by atoms with van der Waals surface area (Å²) in [5, 5.41) is 9.35. The van der Waals surface area contributed by atoms with Gasteiger partial charge in [0.05, 0.1) is 12.2 Å². The second-order valence-electron chi connectivity index (χ2n) is 7.59. The zero-order valence-corrected chi connectivity index (χ0v) is 18.3. The Morgan fingerprint density at radius 2 is 2.00 bits per heavy atom. The van der Waals surface area contributed by atoms with Crippen LogP contribution in [-0.4, -0.2) is 75.3 Å². The summed E-state index contributed by atoms with van der Waals surface area (Å²) in [6.45, 7) is 11.8. The molecule has 2 rings (SSSR count). The molecule has 162 valence electrons. The molecule has 7 nitrogen and oxygen atoms in total. The molecule has 0 aromatic heterocycles. The standard InChI is InChI=1S/C22H37N5O2/c1-5-24-22(25-11-7-13-27-15-17(2)29-18(3)16-27)26-12-10-19-8-6-9-20(14-19)21(28)23-4/h6,8-9,14,17-18H,5,7,10-13,15-16H2,1-4H3,(H,23,28)(H2,24,25,26). The average molecular weight is 404 g/mol. The largest absolute Gasteiger partial charge is 0.373 e. The Labute approximate surface area is 175 Å². The molecule has 1 amide bonds. The third kappa shape index (κ3) is 8.41. The van der Waals surface area contributed by atoms with Crippen molar-refractivity contribution >= 4 is 11.9 Å². The third-order valence-corrected chi connectivity index (χ3v) is 4.86. The molecule has 3 N–H and O–H groups in total. The van der Waals surface area contributed by atoms with Gasteiger partial charge in [-0.15, -0.1) is 0 Å². The van der Waals surface area contributed by atoms with Crippen LogP contribution in [0, 0.1) is 0 Å². The Hall–Kier alpha value is -2.12. The van der Waals surface area contributed by atoms with Crippen LogP contribution in [0.25, 0.3) is 0 Å². The molecule has 0 bridgehead atoms. The fourth-order valence-electron chi connectivity index (χ4n) is 3.63. The monoisotopic (exact) mass is 403 g/mol. The summed E-state index contributed by atoms with van der Waals surface area (Å²) < 4.78 is 5.79. The highest BCUT2D eigenvalue weighted by molar-refractivity contribution is 5.94. The number of nitrogens with one attached hydrogen (secondary N) is 3. The first-order chi connectivity index (χ1) is 14.0. The van der Waals surface area contributed by atoms with E-state index >= 15 is 0 Å². The minimum absolute atomic E-state index is 0.0567. The van der Waals surface area contributed by atoms with Crippen molar-refractivity contribution in [2.45, 2.75) is 45.8 Å². The lowest BCUT2D eigenvalue weighted by Crippen LogP contribution is -2.45. The molecule has 1 saturated heterocycles. The lowest BCUT2D eigenvalue weighted by atomic mass is 10.1. The topological polar surface area (TPSA) is 78.0 Å². The Morgan fingerprint density at radius 1 is 1.24 bits per heavy atom. The number of hydrogen-bond acceptors (Lipinski definition) is 4. The number of nitrogens with zero attached hydrogens (tertiary/aromatic N) is 2. The fourth-order valence-corrected chi connectivity index (χ4v) is 3.63. The highest BCUT2D eigenvalue weighted by Gasteiger charge is 2.21. The maximum absolute atomic E-state index is 11.8. The van der Waals surface area contributed by atoms with Crippen LogP contribution in [0.1, 0.15) is 43.1 Å². The van der Waals surface area contributed by atoms with Gasteiger partial charge in [-0.3, -0.25) is 14.7 Å². The van der Waals surface area contributed by atoms with Crippen molar-refractivity contribution in [1.29, 1.82) is 0 Å². The molecule has 0 radical (unpaired) electrons. The van der Waals surface area contributed by atoms with Crippen LogP contribution in [0.5, 0.6) is 0 Å². The summed E-state index contributed by atoms with van der Waals surface area (Å²) in [5.74, 6) is 0.789. The van der Waals surface area contributed by atoms with Crippen LogP contribution in [-0.2, 0) is 11.2 Å². The molecule has 29 heavy (non-hydrogen) atoms. The molecular weight excluding hydrogens is 366 g/mol. The number of aliphatic imine (C=N–C) groups is 1. The van der Waals surface area contributed by atoms with E-state index in [-0.39, 0.29) is 5.91 Å². The van der Waals surface area contributed by atoms with Gasteiger partial charge in [-0.1, -0.05) is 12.1 Å². The summed E-state index contributed by atoms with van der Waals surface area (Å²) in [6.07, 6.45) is 2.48. The summed E-state index contributed by atoms with van der Waals surface area (Å²) in [6, 6.07) is 7.74. The summed E-state index contributed by atoms with van der Waals surface area (Å²) in [5.41, 5.74) is 1.82. The van der Waals surface area contributed by atoms with Gasteiger partial charge in [0.2, 0.25) is 0 Å². The number of hydrogen-bond donors (Lipinski definition) is 3. The summed E-state index contributed by atoms with van der Waals surface area (Å²) in [7, 11) is 1.65. The second-order valence-corrected chi connectivity index (χ2v) is 7.59. The van der Waals surface area contributed by atoms with Crippen molar-refractivity contribution in [3.63, 3.8) is 0 Å². The highest BCUT2D eigenvalue weighted by atomic mass is 16.5. The highest BCUT2D eigenvalue weighted by Crippen LogP contribution is 2.10.